The molecule has 0 aromatic heterocycles. The van der Waals surface area contributed by atoms with E-state index in [1.54, 1.807) is 0 Å². The highest BCUT2D eigenvalue weighted by Gasteiger charge is 2.52. The van der Waals surface area contributed by atoms with Crippen LogP contribution in [0.2, 0.25) is 98.2 Å². The van der Waals surface area contributed by atoms with Gasteiger partial charge in [-0.05, 0) is 98.2 Å². The standard InChI is InChI=1S/C21H52O6Si5/c1-28(2,3)22-16-17-18(24-29(4,5)6)19(25-30(7,8)9)20(26-31(10,11)12)21(23-17)27-32(13,14)15/h17-21H,16H2,1-15H3/t17-,18+,19+,20-,21-/m1/s1. The van der Waals surface area contributed by atoms with Crippen LogP contribution < -0.4 is 0 Å². The third kappa shape index (κ3) is 12.5. The van der Waals surface area contributed by atoms with Gasteiger partial charge >= 0.3 is 0 Å². The molecule has 5 atom stereocenters. The highest BCUT2D eigenvalue weighted by Crippen LogP contribution is 2.35. The van der Waals surface area contributed by atoms with Crippen LogP contribution in [-0.2, 0) is 26.9 Å². The molecule has 1 saturated heterocycles. The molecule has 0 N–H and O–H groups in total. The van der Waals surface area contributed by atoms with Gasteiger partial charge in [-0.15, -0.1) is 0 Å². The van der Waals surface area contributed by atoms with Gasteiger partial charge in [-0.25, -0.2) is 0 Å². The third-order valence-corrected chi connectivity index (χ3v) is 9.12. The lowest BCUT2D eigenvalue weighted by atomic mass is 9.99. The molecule has 1 rings (SSSR count). The fraction of sp³-hybridized carbons (Fsp3) is 1.00. The lowest BCUT2D eigenvalue weighted by Gasteiger charge is -2.51. The second kappa shape index (κ2) is 10.8. The molecular weight excluding hydrogens is 489 g/mol. The van der Waals surface area contributed by atoms with Crippen LogP contribution in [-0.4, -0.2) is 78.9 Å². The van der Waals surface area contributed by atoms with Crippen molar-refractivity contribution in [1.82, 2.24) is 0 Å². The van der Waals surface area contributed by atoms with Crippen molar-refractivity contribution in [3.8, 4) is 0 Å². The minimum Gasteiger partial charge on any atom is -0.415 e. The summed E-state index contributed by atoms with van der Waals surface area (Å²) in [5.41, 5.74) is 0. The SMILES string of the molecule is C[Si](C)(C)OC[C@H]1O[C@H](O[Si](C)(C)C)[C@H](O[Si](C)(C)C)[C@@H](O[Si](C)(C)C)[C@H]1O[Si](C)(C)C. The molecule has 6 nitrogen and oxygen atoms in total. The molecule has 0 saturated carbocycles. The van der Waals surface area contributed by atoms with Crippen LogP contribution in [0, 0.1) is 0 Å². The van der Waals surface area contributed by atoms with Crippen LogP contribution in [0.15, 0.2) is 0 Å². The van der Waals surface area contributed by atoms with E-state index in [0.717, 1.165) is 0 Å². The molecule has 0 aromatic rings. The molecule has 192 valence electrons. The zero-order chi connectivity index (χ0) is 25.3. The fourth-order valence-corrected chi connectivity index (χ4v) is 8.21. The van der Waals surface area contributed by atoms with Crippen molar-refractivity contribution < 1.29 is 26.9 Å². The van der Waals surface area contributed by atoms with Gasteiger partial charge in [0.15, 0.2) is 47.9 Å². The van der Waals surface area contributed by atoms with Crippen LogP contribution in [0.3, 0.4) is 0 Å². The van der Waals surface area contributed by atoms with Gasteiger partial charge in [-0.3, -0.25) is 0 Å². The van der Waals surface area contributed by atoms with Crippen LogP contribution >= 0.6 is 0 Å². The molecule has 0 aromatic carbocycles. The van der Waals surface area contributed by atoms with E-state index >= 15 is 0 Å². The highest BCUT2D eigenvalue weighted by atomic mass is 28.4. The Morgan fingerprint density at radius 1 is 0.469 bits per heavy atom. The van der Waals surface area contributed by atoms with Crippen molar-refractivity contribution in [1.29, 1.82) is 0 Å². The van der Waals surface area contributed by atoms with Crippen LogP contribution in [0.5, 0.6) is 0 Å². The van der Waals surface area contributed by atoms with E-state index in [1.807, 2.05) is 0 Å². The molecule has 0 aliphatic carbocycles. The molecule has 1 aliphatic rings. The van der Waals surface area contributed by atoms with Gasteiger partial charge in [-0.2, -0.15) is 0 Å². The Labute approximate surface area is 203 Å². The third-order valence-electron chi connectivity index (χ3n) is 4.21. The van der Waals surface area contributed by atoms with E-state index < -0.39 is 47.9 Å². The van der Waals surface area contributed by atoms with Gasteiger partial charge in [-0.1, -0.05) is 0 Å². The minimum absolute atomic E-state index is 0.243. The normalized spacial score (nSPS) is 28.8. The largest absolute Gasteiger partial charge is 0.415 e. The zero-order valence-corrected chi connectivity index (χ0v) is 28.5. The summed E-state index contributed by atoms with van der Waals surface area (Å²) in [5.74, 6) is 0. The van der Waals surface area contributed by atoms with Crippen molar-refractivity contribution in [3.05, 3.63) is 0 Å². The van der Waals surface area contributed by atoms with Gasteiger partial charge in [0.25, 0.3) is 0 Å². The van der Waals surface area contributed by atoms with Gasteiger partial charge in [0.2, 0.25) is 0 Å². The summed E-state index contributed by atoms with van der Waals surface area (Å²) >= 11 is 0. The molecule has 0 amide bonds. The van der Waals surface area contributed by atoms with Crippen LogP contribution in [0.1, 0.15) is 0 Å². The van der Waals surface area contributed by atoms with Crippen LogP contribution in [0.25, 0.3) is 0 Å². The summed E-state index contributed by atoms with van der Waals surface area (Å²) in [5, 5.41) is 0. The highest BCUT2D eigenvalue weighted by molar-refractivity contribution is 6.71. The maximum absolute atomic E-state index is 6.85. The number of hydrogen-bond acceptors (Lipinski definition) is 6. The van der Waals surface area contributed by atoms with Crippen molar-refractivity contribution in [3.63, 3.8) is 0 Å². The molecule has 11 heteroatoms. The number of rotatable bonds is 11. The molecule has 0 unspecified atom stereocenters. The Bertz CT molecular complexity index is 586. The molecular formula is C21H52O6Si5. The maximum atomic E-state index is 6.85. The lowest BCUT2D eigenvalue weighted by molar-refractivity contribution is -0.268. The Balaban J connectivity index is 3.50. The van der Waals surface area contributed by atoms with Crippen molar-refractivity contribution in [2.45, 2.75) is 129 Å². The Morgan fingerprint density at radius 3 is 1.22 bits per heavy atom. The predicted octanol–water partition coefficient (Wildman–Crippen LogP) is 6.07. The van der Waals surface area contributed by atoms with Crippen molar-refractivity contribution in [2.24, 2.45) is 0 Å². The van der Waals surface area contributed by atoms with E-state index in [2.05, 4.69) is 98.2 Å². The van der Waals surface area contributed by atoms with Gasteiger partial charge in [0.1, 0.15) is 24.4 Å². The minimum atomic E-state index is -1.92. The van der Waals surface area contributed by atoms with Gasteiger partial charge in [0, 0.05) is 0 Å². The first-order valence-electron chi connectivity index (χ1n) is 12.0. The average molecular weight is 541 g/mol. The molecule has 0 spiro atoms. The Morgan fingerprint density at radius 2 is 0.844 bits per heavy atom. The molecule has 1 fully saturated rings. The van der Waals surface area contributed by atoms with E-state index in [1.165, 1.54) is 0 Å². The Hall–Kier alpha value is 0.844. The summed E-state index contributed by atoms with van der Waals surface area (Å²) in [6, 6.07) is 0. The monoisotopic (exact) mass is 540 g/mol. The summed E-state index contributed by atoms with van der Waals surface area (Å²) in [6.45, 7) is 33.6. The number of hydrogen-bond donors (Lipinski definition) is 0. The molecule has 1 aliphatic heterocycles. The topological polar surface area (TPSA) is 55.4 Å². The quantitative estimate of drug-likeness (QED) is 0.296. The average Bonchev–Trinajstić information content (AvgIpc) is 2.45. The summed E-state index contributed by atoms with van der Waals surface area (Å²) in [6.07, 6.45) is -1.54. The summed E-state index contributed by atoms with van der Waals surface area (Å²) in [7, 11) is -9.37. The lowest BCUT2D eigenvalue weighted by Crippen LogP contribution is -2.67. The maximum Gasteiger partial charge on any atom is 0.187 e. The molecule has 32 heavy (non-hydrogen) atoms. The zero-order valence-electron chi connectivity index (χ0n) is 23.5. The van der Waals surface area contributed by atoms with Gasteiger partial charge in [0.05, 0.1) is 6.61 Å². The molecule has 0 radical (unpaired) electrons. The second-order valence-electron chi connectivity index (χ2n) is 13.8. The molecule has 1 heterocycles. The number of ether oxygens (including phenoxy) is 1. The summed E-state index contributed by atoms with van der Waals surface area (Å²) < 4.78 is 39.9. The second-order valence-corrected chi connectivity index (χ2v) is 36.1. The smallest absolute Gasteiger partial charge is 0.187 e. The van der Waals surface area contributed by atoms with Crippen LogP contribution in [0.4, 0.5) is 0 Å². The molecule has 0 bridgehead atoms. The van der Waals surface area contributed by atoms with Gasteiger partial charge < -0.3 is 26.9 Å². The predicted molar refractivity (Wildman–Crippen MR) is 147 cm³/mol. The van der Waals surface area contributed by atoms with E-state index in [-0.39, 0.29) is 24.4 Å². The van der Waals surface area contributed by atoms with E-state index in [9.17, 15) is 0 Å². The first kappa shape index (κ1) is 30.9. The first-order valence-corrected chi connectivity index (χ1v) is 29.0. The fourth-order valence-electron chi connectivity index (χ4n) is 3.41. The van der Waals surface area contributed by atoms with Crippen molar-refractivity contribution >= 4 is 41.6 Å². The first-order chi connectivity index (χ1) is 14.0. The van der Waals surface area contributed by atoms with E-state index in [0.29, 0.717) is 6.61 Å². The summed E-state index contributed by atoms with van der Waals surface area (Å²) in [4.78, 5) is 0. The Kier molecular flexibility index (Phi) is 10.5. The van der Waals surface area contributed by atoms with Crippen molar-refractivity contribution in [2.75, 3.05) is 6.61 Å². The van der Waals surface area contributed by atoms with E-state index in [4.69, 9.17) is 26.9 Å².